The van der Waals surface area contributed by atoms with Gasteiger partial charge in [-0.3, -0.25) is 4.79 Å². The predicted molar refractivity (Wildman–Crippen MR) is 105 cm³/mol. The molecule has 0 amide bonds. The first-order valence-corrected chi connectivity index (χ1v) is 10.6. The molecule has 2 aromatic rings. The van der Waals surface area contributed by atoms with Gasteiger partial charge in [0.1, 0.15) is 11.6 Å². The van der Waals surface area contributed by atoms with Crippen LogP contribution < -0.4 is 4.74 Å². The van der Waals surface area contributed by atoms with Gasteiger partial charge in [0.2, 0.25) is 0 Å². The second-order valence-electron chi connectivity index (χ2n) is 9.42. The van der Waals surface area contributed by atoms with Gasteiger partial charge in [0.05, 0.1) is 22.7 Å². The monoisotopic (exact) mass is 418 g/mol. The highest BCUT2D eigenvalue weighted by atomic mass is 35.5. The summed E-state index contributed by atoms with van der Waals surface area (Å²) in [6.45, 7) is 3.67. The van der Waals surface area contributed by atoms with Crippen molar-refractivity contribution in [2.75, 3.05) is 6.61 Å². The van der Waals surface area contributed by atoms with Crippen molar-refractivity contribution in [3.8, 4) is 5.75 Å². The van der Waals surface area contributed by atoms with Crippen LogP contribution in [0.1, 0.15) is 61.6 Å². The van der Waals surface area contributed by atoms with E-state index in [2.05, 4.69) is 15.4 Å². The number of benzene rings is 1. The number of halogens is 2. The molecular formula is C21H24ClFN4O2. The van der Waals surface area contributed by atoms with Gasteiger partial charge in [-0.05, 0) is 75.5 Å². The minimum absolute atomic E-state index is 0.00463. The molecule has 2 atom stereocenters. The Morgan fingerprint density at radius 3 is 2.66 bits per heavy atom. The number of carbonyl (C=O) groups excluding carboxylic acids is 1. The summed E-state index contributed by atoms with van der Waals surface area (Å²) in [6.07, 6.45) is 6.57. The molecule has 0 spiro atoms. The number of hydrogen-bond donors (Lipinski definition) is 0. The van der Waals surface area contributed by atoms with Crippen molar-refractivity contribution in [1.82, 2.24) is 20.2 Å². The van der Waals surface area contributed by atoms with Gasteiger partial charge in [-0.25, -0.2) is 4.39 Å². The number of rotatable bonds is 5. The summed E-state index contributed by atoms with van der Waals surface area (Å²) in [6, 6.07) is 2.59. The van der Waals surface area contributed by atoms with E-state index < -0.39 is 5.82 Å². The van der Waals surface area contributed by atoms with E-state index in [0.717, 1.165) is 32.1 Å². The highest BCUT2D eigenvalue weighted by Gasteiger charge is 2.60. The Morgan fingerprint density at radius 1 is 1.31 bits per heavy atom. The normalized spacial score (nSPS) is 32.6. The van der Waals surface area contributed by atoms with Crippen molar-refractivity contribution in [2.24, 2.45) is 17.3 Å². The molecule has 6 rings (SSSR count). The van der Waals surface area contributed by atoms with Crippen LogP contribution in [0, 0.1) is 30.0 Å². The van der Waals surface area contributed by atoms with Crippen LogP contribution in [0.5, 0.6) is 5.75 Å². The highest BCUT2D eigenvalue weighted by molar-refractivity contribution is 6.32. The number of Topliss-reactive ketones (excluding diaryl/α,β-unsaturated/α-hetero) is 1. The van der Waals surface area contributed by atoms with Gasteiger partial charge < -0.3 is 4.74 Å². The third-order valence-corrected chi connectivity index (χ3v) is 7.32. The summed E-state index contributed by atoms with van der Waals surface area (Å²) in [5, 5.41) is 13.3. The number of hydrogen-bond acceptors (Lipinski definition) is 5. The summed E-state index contributed by atoms with van der Waals surface area (Å²) < 4.78 is 20.3. The predicted octanol–water partition coefficient (Wildman–Crippen LogP) is 4.35. The summed E-state index contributed by atoms with van der Waals surface area (Å²) in [7, 11) is 0. The Hall–Kier alpha value is -2.02. The smallest absolute Gasteiger partial charge is 0.171 e. The number of ether oxygens (including phenoxy) is 1. The van der Waals surface area contributed by atoms with Crippen molar-refractivity contribution in [2.45, 2.75) is 57.9 Å². The summed E-state index contributed by atoms with van der Waals surface area (Å²) in [4.78, 5) is 13.4. The first kappa shape index (κ1) is 19.0. The van der Waals surface area contributed by atoms with E-state index in [-0.39, 0.29) is 27.3 Å². The first-order chi connectivity index (χ1) is 13.8. The molecule has 4 saturated carbocycles. The van der Waals surface area contributed by atoms with Crippen LogP contribution in [0.4, 0.5) is 4.39 Å². The van der Waals surface area contributed by atoms with Crippen molar-refractivity contribution < 1.29 is 13.9 Å². The standard InChI is InChI=1S/C21H24ClFN4O2/c1-12(28)16-4-17(22)19(5-18(16)23)29-11-20-6-14-3-15(7-20)9-21(8-14,10-20)27-25-13(2)24-26-27/h4-5,14-15H,3,6-11H2,1-2H3. The van der Waals surface area contributed by atoms with Gasteiger partial charge in [-0.15, -0.1) is 10.2 Å². The second-order valence-corrected chi connectivity index (χ2v) is 9.83. The Balaban J connectivity index is 1.41. The number of carbonyl (C=O) groups is 1. The zero-order valence-corrected chi connectivity index (χ0v) is 17.4. The van der Waals surface area contributed by atoms with Crippen LogP contribution >= 0.6 is 11.6 Å². The summed E-state index contributed by atoms with van der Waals surface area (Å²) >= 11 is 6.28. The maximum atomic E-state index is 14.3. The molecule has 4 aliphatic rings. The van der Waals surface area contributed by atoms with Gasteiger partial charge >= 0.3 is 0 Å². The molecule has 0 radical (unpaired) electrons. The van der Waals surface area contributed by atoms with Crippen LogP contribution in [0.15, 0.2) is 12.1 Å². The van der Waals surface area contributed by atoms with Gasteiger partial charge in [0.25, 0.3) is 0 Å². The van der Waals surface area contributed by atoms with E-state index >= 15 is 0 Å². The Kier molecular flexibility index (Phi) is 4.25. The van der Waals surface area contributed by atoms with Crippen LogP contribution in [-0.4, -0.2) is 32.6 Å². The molecule has 0 aliphatic heterocycles. The third-order valence-electron chi connectivity index (χ3n) is 7.02. The lowest BCUT2D eigenvalue weighted by atomic mass is 9.47. The Labute approximate surface area is 173 Å². The number of ketones is 1. The average molecular weight is 419 g/mol. The number of tetrazole rings is 1. The molecule has 0 saturated heterocycles. The van der Waals surface area contributed by atoms with E-state index in [9.17, 15) is 9.18 Å². The second kappa shape index (κ2) is 6.49. The molecule has 4 bridgehead atoms. The van der Waals surface area contributed by atoms with Crippen molar-refractivity contribution in [3.63, 3.8) is 0 Å². The van der Waals surface area contributed by atoms with Crippen LogP contribution in [0.2, 0.25) is 5.02 Å². The molecule has 8 heteroatoms. The van der Waals surface area contributed by atoms with Gasteiger partial charge in [-0.1, -0.05) is 11.6 Å². The quantitative estimate of drug-likeness (QED) is 0.675. The lowest BCUT2D eigenvalue weighted by molar-refractivity contribution is -0.126. The van der Waals surface area contributed by atoms with E-state index in [4.69, 9.17) is 16.3 Å². The van der Waals surface area contributed by atoms with Gasteiger partial charge in [0.15, 0.2) is 11.6 Å². The van der Waals surface area contributed by atoms with Crippen molar-refractivity contribution in [1.29, 1.82) is 0 Å². The molecule has 6 nitrogen and oxygen atoms in total. The number of aromatic nitrogens is 4. The summed E-state index contributed by atoms with van der Waals surface area (Å²) in [5.41, 5.74) is -0.101. The molecule has 154 valence electrons. The molecule has 0 N–H and O–H groups in total. The molecule has 4 fully saturated rings. The largest absolute Gasteiger partial charge is 0.491 e. The Bertz CT molecular complexity index is 977. The fourth-order valence-electron chi connectivity index (χ4n) is 6.43. The maximum Gasteiger partial charge on any atom is 0.171 e. The molecule has 2 unspecified atom stereocenters. The summed E-state index contributed by atoms with van der Waals surface area (Å²) in [5.74, 6) is 1.29. The van der Waals surface area contributed by atoms with Gasteiger partial charge in [0, 0.05) is 11.5 Å². The molecule has 4 aliphatic carbocycles. The molecule has 1 aromatic carbocycles. The lowest BCUT2D eigenvalue weighted by Gasteiger charge is -2.60. The molecular weight excluding hydrogens is 395 g/mol. The van der Waals surface area contributed by atoms with Crippen LogP contribution in [-0.2, 0) is 5.54 Å². The minimum Gasteiger partial charge on any atom is -0.491 e. The number of nitrogens with zero attached hydrogens (tertiary/aromatic N) is 4. The Morgan fingerprint density at radius 2 is 2.03 bits per heavy atom. The molecule has 29 heavy (non-hydrogen) atoms. The third kappa shape index (κ3) is 3.14. The first-order valence-electron chi connectivity index (χ1n) is 10.2. The SMILES string of the molecule is CC(=O)c1cc(Cl)c(OCC23CC4CC(C2)CC(n2nnc(C)n2)(C4)C3)cc1F. The van der Waals surface area contributed by atoms with E-state index in [1.807, 2.05) is 11.7 Å². The zero-order valence-electron chi connectivity index (χ0n) is 16.6. The van der Waals surface area contributed by atoms with Crippen LogP contribution in [0.3, 0.4) is 0 Å². The fraction of sp³-hybridized carbons (Fsp3) is 0.619. The van der Waals surface area contributed by atoms with Crippen molar-refractivity contribution >= 4 is 17.4 Å². The number of aryl methyl sites for hydroxylation is 1. The highest BCUT2D eigenvalue weighted by Crippen LogP contribution is 2.64. The topological polar surface area (TPSA) is 69.9 Å². The average Bonchev–Trinajstić information content (AvgIpc) is 3.08. The lowest BCUT2D eigenvalue weighted by Crippen LogP contribution is -2.58. The van der Waals surface area contributed by atoms with E-state index in [1.54, 1.807) is 0 Å². The van der Waals surface area contributed by atoms with Crippen LogP contribution in [0.25, 0.3) is 0 Å². The fourth-order valence-corrected chi connectivity index (χ4v) is 6.65. The van der Waals surface area contributed by atoms with E-state index in [1.165, 1.54) is 25.5 Å². The maximum absolute atomic E-state index is 14.3. The zero-order chi connectivity index (χ0) is 20.4. The molecule has 1 aromatic heterocycles. The van der Waals surface area contributed by atoms with Gasteiger partial charge in [-0.2, -0.15) is 4.80 Å². The minimum atomic E-state index is -0.596. The van der Waals surface area contributed by atoms with Crippen molar-refractivity contribution in [3.05, 3.63) is 34.4 Å². The molecule has 1 heterocycles. The van der Waals surface area contributed by atoms with E-state index in [0.29, 0.717) is 30.0 Å².